The molecule has 0 unspecified atom stereocenters. The molecule has 2 heterocycles. The minimum atomic E-state index is 0.0266. The molecule has 112 valence electrons. The van der Waals surface area contributed by atoms with Gasteiger partial charge in [-0.05, 0) is 44.9 Å². The van der Waals surface area contributed by atoms with Crippen LogP contribution in [0.3, 0.4) is 0 Å². The van der Waals surface area contributed by atoms with Crippen LogP contribution in [0.2, 0.25) is 0 Å². The summed E-state index contributed by atoms with van der Waals surface area (Å²) < 4.78 is 0. The van der Waals surface area contributed by atoms with Crippen molar-refractivity contribution in [1.82, 2.24) is 4.98 Å². The number of thiophene rings is 1. The van der Waals surface area contributed by atoms with Crippen LogP contribution >= 0.6 is 11.3 Å². The molecule has 0 saturated carbocycles. The number of pyridine rings is 1. The predicted molar refractivity (Wildman–Crippen MR) is 91.6 cm³/mol. The molecule has 2 aromatic heterocycles. The number of aryl methyl sites for hydroxylation is 2. The summed E-state index contributed by atoms with van der Waals surface area (Å²) in [4.78, 5) is 21.8. The number of nitrogens with one attached hydrogen (secondary N) is 1. The largest absolute Gasteiger partial charge is 0.326 e. The van der Waals surface area contributed by atoms with Gasteiger partial charge in [0.05, 0.1) is 6.54 Å². The fourth-order valence-electron chi connectivity index (χ4n) is 2.12. The Balaban J connectivity index is 2.31. The maximum absolute atomic E-state index is 11.8. The Morgan fingerprint density at radius 3 is 2.76 bits per heavy atom. The van der Waals surface area contributed by atoms with Gasteiger partial charge in [0.2, 0.25) is 0 Å². The Morgan fingerprint density at radius 2 is 2.10 bits per heavy atom. The van der Waals surface area contributed by atoms with Crippen molar-refractivity contribution in [2.45, 2.75) is 47.1 Å². The lowest BCUT2D eigenvalue weighted by atomic mass is 10.1. The van der Waals surface area contributed by atoms with Crippen molar-refractivity contribution in [2.75, 3.05) is 0 Å². The molecule has 4 heteroatoms. The lowest BCUT2D eigenvalue weighted by Crippen LogP contribution is -2.13. The average molecular weight is 302 g/mol. The van der Waals surface area contributed by atoms with Crippen molar-refractivity contribution in [3.05, 3.63) is 44.7 Å². The van der Waals surface area contributed by atoms with Crippen molar-refractivity contribution in [3.8, 4) is 10.4 Å². The molecule has 0 atom stereocenters. The molecule has 1 N–H and O–H groups in total. The molecule has 0 saturated heterocycles. The van der Waals surface area contributed by atoms with Crippen LogP contribution in [0.1, 0.15) is 43.3 Å². The first-order chi connectivity index (χ1) is 10.0. The second-order valence-corrected chi connectivity index (χ2v) is 6.36. The second kappa shape index (κ2) is 6.85. The summed E-state index contributed by atoms with van der Waals surface area (Å²) >= 11 is 1.75. The smallest absolute Gasteiger partial charge is 0.251 e. The summed E-state index contributed by atoms with van der Waals surface area (Å²) in [6, 6.07) is 6.27. The minimum absolute atomic E-state index is 0.0266. The Kier molecular flexibility index (Phi) is 5.12. The highest BCUT2D eigenvalue weighted by atomic mass is 32.1. The van der Waals surface area contributed by atoms with Gasteiger partial charge < -0.3 is 4.98 Å². The van der Waals surface area contributed by atoms with Crippen LogP contribution in [0.15, 0.2) is 28.0 Å². The van der Waals surface area contributed by atoms with Crippen LogP contribution < -0.4 is 5.56 Å². The highest BCUT2D eigenvalue weighted by Crippen LogP contribution is 2.30. The zero-order valence-corrected chi connectivity index (χ0v) is 13.9. The van der Waals surface area contributed by atoms with E-state index in [1.807, 2.05) is 19.9 Å². The molecule has 0 fully saturated rings. The van der Waals surface area contributed by atoms with E-state index in [0.717, 1.165) is 36.2 Å². The zero-order chi connectivity index (χ0) is 15.4. The second-order valence-electron chi connectivity index (χ2n) is 5.19. The van der Waals surface area contributed by atoms with Crippen LogP contribution in [-0.4, -0.2) is 10.7 Å². The molecule has 0 aliphatic rings. The predicted octanol–water partition coefficient (Wildman–Crippen LogP) is 4.35. The van der Waals surface area contributed by atoms with Gasteiger partial charge in [0, 0.05) is 32.3 Å². The number of hydrogen-bond acceptors (Lipinski definition) is 3. The maximum Gasteiger partial charge on any atom is 0.251 e. The van der Waals surface area contributed by atoms with Crippen molar-refractivity contribution < 1.29 is 0 Å². The van der Waals surface area contributed by atoms with E-state index in [1.165, 1.54) is 15.5 Å². The molecule has 0 amide bonds. The third kappa shape index (κ3) is 3.70. The molecule has 0 aliphatic carbocycles. The van der Waals surface area contributed by atoms with Crippen molar-refractivity contribution in [3.63, 3.8) is 0 Å². The minimum Gasteiger partial charge on any atom is -0.326 e. The van der Waals surface area contributed by atoms with Gasteiger partial charge in [0.25, 0.3) is 5.56 Å². The van der Waals surface area contributed by atoms with E-state index in [2.05, 4.69) is 36.0 Å². The van der Waals surface area contributed by atoms with Crippen molar-refractivity contribution in [1.29, 1.82) is 0 Å². The third-order valence-electron chi connectivity index (χ3n) is 3.64. The molecule has 0 radical (unpaired) electrons. The number of H-pyrrole nitrogens is 1. The highest BCUT2D eigenvalue weighted by Gasteiger charge is 2.09. The Morgan fingerprint density at radius 1 is 1.33 bits per heavy atom. The summed E-state index contributed by atoms with van der Waals surface area (Å²) in [6.45, 7) is 8.89. The van der Waals surface area contributed by atoms with Crippen LogP contribution in [-0.2, 0) is 13.0 Å². The van der Waals surface area contributed by atoms with Gasteiger partial charge >= 0.3 is 0 Å². The molecule has 0 aliphatic heterocycles. The molecule has 2 aromatic rings. The standard InChI is InChI=1S/C17H22N2OS/c1-5-11(3)18-10-14-7-8-16(21-14)15-9-13(6-2)17(20)19-12(15)4/h7-9H,5-6,10H2,1-4H3,(H,19,20). The van der Waals surface area contributed by atoms with Crippen LogP contribution in [0.4, 0.5) is 0 Å². The van der Waals surface area contributed by atoms with Crippen LogP contribution in [0.25, 0.3) is 10.4 Å². The molecular formula is C17H22N2OS. The van der Waals surface area contributed by atoms with Gasteiger partial charge in [-0.1, -0.05) is 13.8 Å². The monoisotopic (exact) mass is 302 g/mol. The van der Waals surface area contributed by atoms with Gasteiger partial charge in [-0.25, -0.2) is 0 Å². The molecule has 2 rings (SSSR count). The topological polar surface area (TPSA) is 45.2 Å². The van der Waals surface area contributed by atoms with Gasteiger partial charge in [-0.15, -0.1) is 11.3 Å². The van der Waals surface area contributed by atoms with E-state index < -0.39 is 0 Å². The normalized spacial score (nSPS) is 11.9. The number of rotatable bonds is 5. The lowest BCUT2D eigenvalue weighted by molar-refractivity contribution is 1.03. The summed E-state index contributed by atoms with van der Waals surface area (Å²) in [5.74, 6) is 0. The van der Waals surface area contributed by atoms with Crippen LogP contribution in [0.5, 0.6) is 0 Å². The summed E-state index contributed by atoms with van der Waals surface area (Å²) in [5, 5.41) is 0. The molecule has 0 aromatic carbocycles. The SMILES string of the molecule is CCC(C)=NCc1ccc(-c2cc(CC)c(=O)[nH]c2C)s1. The summed E-state index contributed by atoms with van der Waals surface area (Å²) in [5.41, 5.74) is 4.10. The average Bonchev–Trinajstić information content (AvgIpc) is 2.93. The number of nitrogens with zero attached hydrogens (tertiary/aromatic N) is 1. The lowest BCUT2D eigenvalue weighted by Gasteiger charge is -2.05. The quantitative estimate of drug-likeness (QED) is 0.820. The fraction of sp³-hybridized carbons (Fsp3) is 0.412. The van der Waals surface area contributed by atoms with E-state index in [1.54, 1.807) is 11.3 Å². The first-order valence-corrected chi connectivity index (χ1v) is 8.18. The highest BCUT2D eigenvalue weighted by molar-refractivity contribution is 7.15. The van der Waals surface area contributed by atoms with Gasteiger partial charge in [0.15, 0.2) is 0 Å². The first kappa shape index (κ1) is 15.7. The molecule has 0 bridgehead atoms. The van der Waals surface area contributed by atoms with Crippen LogP contribution in [0, 0.1) is 6.92 Å². The fourth-order valence-corrected chi connectivity index (χ4v) is 3.12. The Bertz CT molecular complexity index is 710. The molecular weight excluding hydrogens is 280 g/mol. The van der Waals surface area contributed by atoms with E-state index in [0.29, 0.717) is 0 Å². The summed E-state index contributed by atoms with van der Waals surface area (Å²) in [7, 11) is 0. The number of aliphatic imine (C=N–C) groups is 1. The maximum atomic E-state index is 11.8. The van der Waals surface area contributed by atoms with Crippen molar-refractivity contribution in [2.24, 2.45) is 4.99 Å². The first-order valence-electron chi connectivity index (χ1n) is 7.37. The Hall–Kier alpha value is -1.68. The van der Waals surface area contributed by atoms with Gasteiger partial charge in [-0.3, -0.25) is 9.79 Å². The summed E-state index contributed by atoms with van der Waals surface area (Å²) in [6.07, 6.45) is 1.75. The number of aromatic nitrogens is 1. The van der Waals surface area contributed by atoms with E-state index >= 15 is 0 Å². The molecule has 21 heavy (non-hydrogen) atoms. The Labute approximate surface area is 129 Å². The molecule has 3 nitrogen and oxygen atoms in total. The van der Waals surface area contributed by atoms with E-state index in [-0.39, 0.29) is 5.56 Å². The van der Waals surface area contributed by atoms with E-state index in [4.69, 9.17) is 0 Å². The third-order valence-corrected chi connectivity index (χ3v) is 4.74. The zero-order valence-electron chi connectivity index (χ0n) is 13.1. The number of hydrogen-bond donors (Lipinski definition) is 1. The van der Waals surface area contributed by atoms with E-state index in [9.17, 15) is 4.79 Å². The number of aromatic amines is 1. The molecule has 0 spiro atoms. The van der Waals surface area contributed by atoms with Crippen molar-refractivity contribution >= 4 is 17.0 Å². The van der Waals surface area contributed by atoms with Gasteiger partial charge in [0.1, 0.15) is 0 Å². The van der Waals surface area contributed by atoms with Gasteiger partial charge in [-0.2, -0.15) is 0 Å².